The number of ketones is 2. The van der Waals surface area contributed by atoms with E-state index in [-0.39, 0.29) is 17.6 Å². The summed E-state index contributed by atoms with van der Waals surface area (Å²) in [6, 6.07) is 3.52. The fourth-order valence-electron chi connectivity index (χ4n) is 3.53. The number of carbonyl (C=O) groups is 2. The van der Waals surface area contributed by atoms with E-state index in [1.807, 2.05) is 51.8 Å². The lowest BCUT2D eigenvalue weighted by molar-refractivity contribution is 0.0856. The summed E-state index contributed by atoms with van der Waals surface area (Å²) >= 11 is 0. The van der Waals surface area contributed by atoms with Crippen LogP contribution in [0, 0.1) is 20.8 Å². The highest BCUT2D eigenvalue weighted by Gasteiger charge is 2.26. The molecule has 0 aliphatic rings. The second-order valence-electron chi connectivity index (χ2n) is 7.27. The van der Waals surface area contributed by atoms with Gasteiger partial charge in [-0.25, -0.2) is 0 Å². The topological polar surface area (TPSA) is 71.6 Å². The first-order valence-electron chi connectivity index (χ1n) is 9.28. The van der Waals surface area contributed by atoms with Crippen molar-refractivity contribution in [1.82, 2.24) is 9.88 Å². The molecule has 2 rings (SSSR count). The Morgan fingerprint density at radius 1 is 1.11 bits per heavy atom. The molecule has 0 saturated carbocycles. The zero-order valence-electron chi connectivity index (χ0n) is 18.0. The number of hydrogen-bond donors (Lipinski definition) is 1. The Morgan fingerprint density at radius 3 is 2.18 bits per heavy atom. The minimum absolute atomic E-state index is 0.0336. The molecule has 0 spiro atoms. The van der Waals surface area contributed by atoms with Crippen LogP contribution in [0.2, 0.25) is 0 Å². The van der Waals surface area contributed by atoms with Crippen molar-refractivity contribution in [3.05, 3.63) is 45.8 Å². The third-order valence-corrected chi connectivity index (χ3v) is 5.34. The van der Waals surface area contributed by atoms with E-state index in [2.05, 4.69) is 4.98 Å². The highest BCUT2D eigenvalue weighted by atomic mass is 16.5. The molecule has 152 valence electrons. The Kier molecular flexibility index (Phi) is 6.67. The van der Waals surface area contributed by atoms with Gasteiger partial charge in [0.15, 0.2) is 23.1 Å². The van der Waals surface area contributed by atoms with Gasteiger partial charge in [0.05, 0.1) is 26.0 Å². The first kappa shape index (κ1) is 21.7. The summed E-state index contributed by atoms with van der Waals surface area (Å²) in [6.45, 7) is 9.63. The average molecular weight is 386 g/mol. The van der Waals surface area contributed by atoms with Crippen molar-refractivity contribution in [1.29, 1.82) is 0 Å². The first-order chi connectivity index (χ1) is 13.1. The van der Waals surface area contributed by atoms with Crippen LogP contribution in [-0.4, -0.2) is 48.8 Å². The van der Waals surface area contributed by atoms with E-state index >= 15 is 0 Å². The van der Waals surface area contributed by atoms with Crippen LogP contribution in [0.5, 0.6) is 11.5 Å². The van der Waals surface area contributed by atoms with Crippen LogP contribution in [0.15, 0.2) is 12.1 Å². The van der Waals surface area contributed by atoms with E-state index in [1.54, 1.807) is 14.2 Å². The lowest BCUT2D eigenvalue weighted by atomic mass is 10.0. The van der Waals surface area contributed by atoms with Gasteiger partial charge in [-0.2, -0.15) is 0 Å². The van der Waals surface area contributed by atoms with Crippen molar-refractivity contribution >= 4 is 11.6 Å². The number of aromatic nitrogens is 1. The number of ether oxygens (including phenoxy) is 2. The predicted molar refractivity (Wildman–Crippen MR) is 110 cm³/mol. The van der Waals surface area contributed by atoms with Gasteiger partial charge in [-0.3, -0.25) is 14.5 Å². The van der Waals surface area contributed by atoms with E-state index in [1.165, 1.54) is 6.92 Å². The summed E-state index contributed by atoms with van der Waals surface area (Å²) < 4.78 is 10.7. The van der Waals surface area contributed by atoms with Gasteiger partial charge in [0.25, 0.3) is 0 Å². The molecule has 6 heteroatoms. The Labute approximate surface area is 166 Å². The number of rotatable bonds is 8. The number of benzene rings is 1. The van der Waals surface area contributed by atoms with Gasteiger partial charge >= 0.3 is 0 Å². The summed E-state index contributed by atoms with van der Waals surface area (Å²) in [5, 5.41) is 0. The van der Waals surface area contributed by atoms with E-state index < -0.39 is 0 Å². The summed E-state index contributed by atoms with van der Waals surface area (Å²) in [5.74, 6) is 1.28. The van der Waals surface area contributed by atoms with Crippen LogP contribution in [0.25, 0.3) is 0 Å². The van der Waals surface area contributed by atoms with Crippen molar-refractivity contribution in [3.63, 3.8) is 0 Å². The smallest absolute Gasteiger partial charge is 0.196 e. The maximum absolute atomic E-state index is 13.1. The number of aromatic amines is 1. The van der Waals surface area contributed by atoms with Gasteiger partial charge in [0.2, 0.25) is 0 Å². The highest BCUT2D eigenvalue weighted by molar-refractivity contribution is 6.05. The van der Waals surface area contributed by atoms with E-state index in [4.69, 9.17) is 9.47 Å². The van der Waals surface area contributed by atoms with E-state index in [9.17, 15) is 9.59 Å². The molecule has 0 aliphatic carbocycles. The fourth-order valence-corrected chi connectivity index (χ4v) is 3.53. The molecular formula is C22H30N2O4. The number of nitrogens with zero attached hydrogens (tertiary/aromatic N) is 1. The molecule has 0 bridgehead atoms. The number of carbonyl (C=O) groups excluding carboxylic acids is 2. The van der Waals surface area contributed by atoms with Gasteiger partial charge in [0, 0.05) is 17.8 Å². The number of Topliss-reactive ketones (excluding diaryl/α,β-unsaturated/α-hetero) is 2. The lowest BCUT2D eigenvalue weighted by Gasteiger charge is -2.25. The van der Waals surface area contributed by atoms with E-state index in [0.29, 0.717) is 29.3 Å². The molecule has 28 heavy (non-hydrogen) atoms. The maximum atomic E-state index is 13.1. The Balaban J connectivity index is 2.26. The van der Waals surface area contributed by atoms with Crippen LogP contribution in [0.3, 0.4) is 0 Å². The SMILES string of the molecule is COc1cc(C)c(CN(C)[C@H](C)C(=O)c2[nH]c(C)c(C(C)=O)c2C)cc1OC. The molecule has 1 aromatic carbocycles. The van der Waals surface area contributed by atoms with Gasteiger partial charge in [-0.15, -0.1) is 0 Å². The second kappa shape index (κ2) is 8.61. The molecule has 1 N–H and O–H groups in total. The summed E-state index contributed by atoms with van der Waals surface area (Å²) in [4.78, 5) is 30.0. The largest absolute Gasteiger partial charge is 0.493 e. The zero-order valence-corrected chi connectivity index (χ0v) is 18.0. The molecule has 6 nitrogen and oxygen atoms in total. The monoisotopic (exact) mass is 386 g/mol. The molecule has 0 saturated heterocycles. The third-order valence-electron chi connectivity index (χ3n) is 5.34. The predicted octanol–water partition coefficient (Wildman–Crippen LogP) is 3.86. The van der Waals surface area contributed by atoms with E-state index in [0.717, 1.165) is 22.4 Å². The molecule has 1 heterocycles. The Hall–Kier alpha value is -2.60. The van der Waals surface area contributed by atoms with Crippen molar-refractivity contribution in [2.45, 2.75) is 47.2 Å². The number of methoxy groups -OCH3 is 2. The van der Waals surface area contributed by atoms with Gasteiger partial charge in [0.1, 0.15) is 0 Å². The van der Waals surface area contributed by atoms with Crippen molar-refractivity contribution < 1.29 is 19.1 Å². The number of aryl methyl sites for hydroxylation is 2. The molecule has 0 unspecified atom stereocenters. The molecular weight excluding hydrogens is 356 g/mol. The maximum Gasteiger partial charge on any atom is 0.196 e. The van der Waals surface area contributed by atoms with Crippen molar-refractivity contribution in [2.24, 2.45) is 0 Å². The number of H-pyrrole nitrogens is 1. The van der Waals surface area contributed by atoms with Gasteiger partial charge in [-0.1, -0.05) is 0 Å². The molecule has 0 fully saturated rings. The molecule has 1 atom stereocenters. The Morgan fingerprint density at radius 2 is 1.68 bits per heavy atom. The molecule has 0 aliphatic heterocycles. The lowest BCUT2D eigenvalue weighted by Crippen LogP contribution is -2.36. The third kappa shape index (κ3) is 4.12. The minimum Gasteiger partial charge on any atom is -0.493 e. The van der Waals surface area contributed by atoms with Gasteiger partial charge < -0.3 is 14.5 Å². The number of hydrogen-bond acceptors (Lipinski definition) is 5. The van der Waals surface area contributed by atoms with Crippen LogP contribution >= 0.6 is 0 Å². The summed E-state index contributed by atoms with van der Waals surface area (Å²) in [5.41, 5.74) is 4.69. The second-order valence-corrected chi connectivity index (χ2v) is 7.27. The first-order valence-corrected chi connectivity index (χ1v) is 9.28. The van der Waals surface area contributed by atoms with Gasteiger partial charge in [-0.05, 0) is 70.5 Å². The normalized spacial score (nSPS) is 12.2. The average Bonchev–Trinajstić information content (AvgIpc) is 2.95. The summed E-state index contributed by atoms with van der Waals surface area (Å²) in [7, 11) is 5.13. The zero-order chi connectivity index (χ0) is 21.2. The highest BCUT2D eigenvalue weighted by Crippen LogP contribution is 2.31. The standard InChI is InChI=1S/C22H30N2O4/c1-12-9-18(27-7)19(28-8)10-17(12)11-24(6)15(4)22(26)21-13(2)20(16(5)25)14(3)23-21/h9-10,15,23H,11H2,1-8H3/t15-/m1/s1. The van der Waals surface area contributed by atoms with Crippen molar-refractivity contribution in [2.75, 3.05) is 21.3 Å². The van der Waals surface area contributed by atoms with Crippen LogP contribution in [-0.2, 0) is 6.54 Å². The minimum atomic E-state index is -0.357. The molecule has 1 aromatic heterocycles. The molecule has 0 radical (unpaired) electrons. The van der Waals surface area contributed by atoms with Crippen molar-refractivity contribution in [3.8, 4) is 11.5 Å². The van der Waals surface area contributed by atoms with Crippen LogP contribution in [0.1, 0.15) is 57.1 Å². The number of likely N-dealkylation sites (N-methyl/N-ethyl adjacent to an activating group) is 1. The molecule has 2 aromatic rings. The van der Waals surface area contributed by atoms with Crippen LogP contribution < -0.4 is 9.47 Å². The molecule has 0 amide bonds. The quantitative estimate of drug-likeness (QED) is 0.698. The number of nitrogens with one attached hydrogen (secondary N) is 1. The summed E-state index contributed by atoms with van der Waals surface area (Å²) in [6.07, 6.45) is 0. The van der Waals surface area contributed by atoms with Crippen LogP contribution in [0.4, 0.5) is 0 Å². The fraction of sp³-hybridized carbons (Fsp3) is 0.455. The Bertz CT molecular complexity index is 898.